The summed E-state index contributed by atoms with van der Waals surface area (Å²) in [5, 5.41) is 0. The van der Waals surface area contributed by atoms with Crippen molar-refractivity contribution in [3.05, 3.63) is 94.6 Å². The van der Waals surface area contributed by atoms with Crippen molar-refractivity contribution in [1.82, 2.24) is 9.80 Å². The van der Waals surface area contributed by atoms with E-state index in [-0.39, 0.29) is 5.78 Å². The molecule has 0 saturated heterocycles. The monoisotopic (exact) mass is 484 g/mol. The van der Waals surface area contributed by atoms with Crippen molar-refractivity contribution in [3.63, 3.8) is 0 Å². The lowest BCUT2D eigenvalue weighted by atomic mass is 9.97. The first-order chi connectivity index (χ1) is 17.3. The van der Waals surface area contributed by atoms with Gasteiger partial charge in [0.15, 0.2) is 5.78 Å². The molecule has 190 valence electrons. The highest BCUT2D eigenvalue weighted by atomic mass is 16.5. The van der Waals surface area contributed by atoms with Crippen LogP contribution in [-0.4, -0.2) is 55.9 Å². The largest absolute Gasteiger partial charge is 0.491 e. The highest BCUT2D eigenvalue weighted by molar-refractivity contribution is 6.09. The number of carbonyl (C=O) groups excluding carboxylic acids is 1. The normalized spacial score (nSPS) is 11.6. The third-order valence-electron chi connectivity index (χ3n) is 6.35. The Kier molecular flexibility index (Phi) is 10.0. The maximum atomic E-state index is 13.5. The summed E-state index contributed by atoms with van der Waals surface area (Å²) in [4.78, 5) is 18.0. The number of nitrogens with zero attached hydrogens (tertiary/aromatic N) is 2. The molecule has 0 unspecified atom stereocenters. The quantitative estimate of drug-likeness (QED) is 0.213. The van der Waals surface area contributed by atoms with E-state index in [9.17, 15) is 4.79 Å². The maximum absolute atomic E-state index is 13.5. The Morgan fingerprint density at radius 1 is 0.889 bits per heavy atom. The molecule has 3 aromatic carbocycles. The maximum Gasteiger partial charge on any atom is 0.189 e. The number of ketones is 1. The minimum atomic E-state index is -0.0567. The fourth-order valence-electron chi connectivity index (χ4n) is 4.29. The second kappa shape index (κ2) is 13.2. The molecule has 0 N–H and O–H groups in total. The molecule has 0 bridgehead atoms. The molecule has 0 atom stereocenters. The first-order valence-corrected chi connectivity index (χ1v) is 12.8. The fourth-order valence-corrected chi connectivity index (χ4v) is 4.29. The second-order valence-electron chi connectivity index (χ2n) is 9.60. The number of allylic oxidation sites excluding steroid dienone is 1. The highest BCUT2D eigenvalue weighted by Crippen LogP contribution is 2.29. The lowest BCUT2D eigenvalue weighted by molar-refractivity contribution is 0.104. The zero-order chi connectivity index (χ0) is 26.1. The van der Waals surface area contributed by atoms with Gasteiger partial charge in [-0.05, 0) is 81.5 Å². The van der Waals surface area contributed by atoms with Gasteiger partial charge >= 0.3 is 0 Å². The van der Waals surface area contributed by atoms with Gasteiger partial charge in [-0.15, -0.1) is 0 Å². The van der Waals surface area contributed by atoms with E-state index in [2.05, 4.69) is 73.9 Å². The lowest BCUT2D eigenvalue weighted by Gasteiger charge is -2.19. The fraction of sp³-hybridized carbons (Fsp3) is 0.344. The Labute approximate surface area is 217 Å². The molecule has 0 heterocycles. The average molecular weight is 485 g/mol. The van der Waals surface area contributed by atoms with Gasteiger partial charge in [-0.25, -0.2) is 0 Å². The summed E-state index contributed by atoms with van der Waals surface area (Å²) in [5.41, 5.74) is 7.40. The number of hydrogen-bond donors (Lipinski definition) is 0. The van der Waals surface area contributed by atoms with Gasteiger partial charge in [0.1, 0.15) is 12.4 Å². The van der Waals surface area contributed by atoms with Crippen molar-refractivity contribution >= 4 is 11.9 Å². The Morgan fingerprint density at radius 2 is 1.58 bits per heavy atom. The molecule has 0 aliphatic heterocycles. The van der Waals surface area contributed by atoms with Crippen LogP contribution in [0.5, 0.6) is 5.75 Å². The third-order valence-corrected chi connectivity index (χ3v) is 6.35. The Hall–Kier alpha value is -3.21. The number of carbonyl (C=O) groups is 1. The SMILES string of the molecule is CCN(CC)Cc1ccccc1C=CC(=O)c1cc(-c2cc(C)cc(C)c2)ccc1OCCN(C)C. The molecule has 3 aromatic rings. The van der Waals surface area contributed by atoms with E-state index in [1.54, 1.807) is 6.08 Å². The van der Waals surface area contributed by atoms with Gasteiger partial charge in [0.25, 0.3) is 0 Å². The molecule has 0 aromatic heterocycles. The molecular weight excluding hydrogens is 444 g/mol. The highest BCUT2D eigenvalue weighted by Gasteiger charge is 2.14. The summed E-state index contributed by atoms with van der Waals surface area (Å²) >= 11 is 0. The summed E-state index contributed by atoms with van der Waals surface area (Å²) in [6.07, 6.45) is 3.62. The van der Waals surface area contributed by atoms with Crippen LogP contribution >= 0.6 is 0 Å². The van der Waals surface area contributed by atoms with Crippen molar-refractivity contribution < 1.29 is 9.53 Å². The van der Waals surface area contributed by atoms with E-state index in [0.29, 0.717) is 17.9 Å². The van der Waals surface area contributed by atoms with Crippen molar-refractivity contribution in [2.45, 2.75) is 34.2 Å². The van der Waals surface area contributed by atoms with Crippen LogP contribution in [-0.2, 0) is 6.54 Å². The predicted octanol–water partition coefficient (Wildman–Crippen LogP) is 6.65. The van der Waals surface area contributed by atoms with E-state index < -0.39 is 0 Å². The van der Waals surface area contributed by atoms with Crippen LogP contribution in [0.3, 0.4) is 0 Å². The van der Waals surface area contributed by atoms with Crippen LogP contribution < -0.4 is 4.74 Å². The van der Waals surface area contributed by atoms with Crippen LogP contribution in [0.15, 0.2) is 66.7 Å². The minimum absolute atomic E-state index is 0.0567. The van der Waals surface area contributed by atoms with Gasteiger partial charge in [-0.2, -0.15) is 0 Å². The molecule has 36 heavy (non-hydrogen) atoms. The molecule has 4 nitrogen and oxygen atoms in total. The molecule has 0 aliphatic carbocycles. The third kappa shape index (κ3) is 7.64. The van der Waals surface area contributed by atoms with Crippen LogP contribution in [0.25, 0.3) is 17.2 Å². The average Bonchev–Trinajstić information content (AvgIpc) is 2.85. The molecular formula is C32H40N2O2. The zero-order valence-corrected chi connectivity index (χ0v) is 22.7. The smallest absolute Gasteiger partial charge is 0.189 e. The number of aryl methyl sites for hydroxylation is 2. The molecule has 0 amide bonds. The molecule has 0 radical (unpaired) electrons. The van der Waals surface area contributed by atoms with Gasteiger partial charge in [0.05, 0.1) is 5.56 Å². The molecule has 3 rings (SSSR count). The Balaban J connectivity index is 1.94. The number of hydrogen-bond acceptors (Lipinski definition) is 4. The van der Waals surface area contributed by atoms with Crippen LogP contribution in [0.4, 0.5) is 0 Å². The van der Waals surface area contributed by atoms with Crippen molar-refractivity contribution in [3.8, 4) is 16.9 Å². The minimum Gasteiger partial charge on any atom is -0.491 e. The molecule has 0 fully saturated rings. The van der Waals surface area contributed by atoms with E-state index in [4.69, 9.17) is 4.74 Å². The molecule has 0 aliphatic rings. The zero-order valence-electron chi connectivity index (χ0n) is 22.7. The van der Waals surface area contributed by atoms with Gasteiger partial charge in [-0.1, -0.05) is 79.6 Å². The van der Waals surface area contributed by atoms with Gasteiger partial charge in [0.2, 0.25) is 0 Å². The van der Waals surface area contributed by atoms with E-state index in [0.717, 1.165) is 42.9 Å². The predicted molar refractivity (Wildman–Crippen MR) is 152 cm³/mol. The lowest BCUT2D eigenvalue weighted by Crippen LogP contribution is -2.22. The molecule has 0 saturated carbocycles. The summed E-state index contributed by atoms with van der Waals surface area (Å²) < 4.78 is 6.06. The van der Waals surface area contributed by atoms with Crippen LogP contribution in [0, 0.1) is 13.8 Å². The van der Waals surface area contributed by atoms with Crippen molar-refractivity contribution in [2.24, 2.45) is 0 Å². The van der Waals surface area contributed by atoms with Crippen LogP contribution in [0.1, 0.15) is 46.5 Å². The Morgan fingerprint density at radius 3 is 2.25 bits per heavy atom. The molecule has 0 spiro atoms. The number of likely N-dealkylation sites (N-methyl/N-ethyl adjacent to an activating group) is 1. The summed E-state index contributed by atoms with van der Waals surface area (Å²) in [7, 11) is 4.02. The van der Waals surface area contributed by atoms with Crippen molar-refractivity contribution in [2.75, 3.05) is 40.3 Å². The van der Waals surface area contributed by atoms with Gasteiger partial charge in [-0.3, -0.25) is 9.69 Å². The first kappa shape index (κ1) is 27.4. The number of ether oxygens (including phenoxy) is 1. The van der Waals surface area contributed by atoms with Crippen LogP contribution in [0.2, 0.25) is 0 Å². The van der Waals surface area contributed by atoms with Crippen molar-refractivity contribution in [1.29, 1.82) is 0 Å². The summed E-state index contributed by atoms with van der Waals surface area (Å²) in [6.45, 7) is 12.7. The Bertz CT molecular complexity index is 1170. The molecule has 4 heteroatoms. The summed E-state index contributed by atoms with van der Waals surface area (Å²) in [6, 6.07) is 20.7. The topological polar surface area (TPSA) is 32.8 Å². The summed E-state index contributed by atoms with van der Waals surface area (Å²) in [5.74, 6) is 0.565. The number of rotatable bonds is 12. The van der Waals surface area contributed by atoms with Gasteiger partial charge in [0, 0.05) is 13.1 Å². The van der Waals surface area contributed by atoms with Gasteiger partial charge < -0.3 is 9.64 Å². The standard InChI is InChI=1S/C32H40N2O2/c1-7-34(8-2)23-28-12-10-9-11-26(28)13-15-31(35)30-22-27(29-20-24(3)19-25(4)21-29)14-16-32(30)36-18-17-33(5)6/h9-16,19-22H,7-8,17-18,23H2,1-6H3. The van der Waals surface area contributed by atoms with E-state index in [1.807, 2.05) is 44.4 Å². The second-order valence-corrected chi connectivity index (χ2v) is 9.60. The number of benzene rings is 3. The van der Waals surface area contributed by atoms with E-state index >= 15 is 0 Å². The van der Waals surface area contributed by atoms with E-state index in [1.165, 1.54) is 16.7 Å². The first-order valence-electron chi connectivity index (χ1n) is 12.8.